The summed E-state index contributed by atoms with van der Waals surface area (Å²) < 4.78 is 0. The van der Waals surface area contributed by atoms with E-state index in [-0.39, 0.29) is 5.75 Å². The highest BCUT2D eigenvalue weighted by atomic mass is 16.3. The maximum atomic E-state index is 10.4. The number of rotatable bonds is 3. The van der Waals surface area contributed by atoms with Crippen LogP contribution in [0, 0.1) is 0 Å². The zero-order valence-corrected chi connectivity index (χ0v) is 7.45. The Labute approximate surface area is 77.2 Å². The Balaban J connectivity index is 2.75. The first-order valence-corrected chi connectivity index (χ1v) is 3.99. The lowest BCUT2D eigenvalue weighted by Gasteiger charge is -2.15. The molecule has 3 heteroatoms. The van der Waals surface area contributed by atoms with Crippen molar-refractivity contribution in [1.29, 1.82) is 0 Å². The number of hydrogen-bond acceptors (Lipinski definition) is 3. The van der Waals surface area contributed by atoms with Crippen molar-refractivity contribution in [2.24, 2.45) is 5.73 Å². The van der Waals surface area contributed by atoms with Crippen LogP contribution in [0.3, 0.4) is 0 Å². The largest absolute Gasteiger partial charge is 0.508 e. The first-order valence-electron chi connectivity index (χ1n) is 3.99. The molecule has 0 unspecified atom stereocenters. The quantitative estimate of drug-likeness (QED) is 0.718. The van der Waals surface area contributed by atoms with Gasteiger partial charge in [-0.1, -0.05) is 12.1 Å². The molecule has 1 atom stereocenters. The fraction of sp³-hybridized carbons (Fsp3) is 0.300. The van der Waals surface area contributed by atoms with Crippen LogP contribution in [0.5, 0.6) is 5.75 Å². The van der Waals surface area contributed by atoms with Crippen molar-refractivity contribution in [3.63, 3.8) is 0 Å². The van der Waals surface area contributed by atoms with Gasteiger partial charge in [-0.15, -0.1) is 0 Å². The molecular weight excluding hydrogens is 166 g/mol. The van der Waals surface area contributed by atoms with Crippen LogP contribution in [0.1, 0.15) is 12.5 Å². The molecule has 0 heterocycles. The summed E-state index contributed by atoms with van der Waals surface area (Å²) in [4.78, 5) is 10.4. The van der Waals surface area contributed by atoms with E-state index in [1.54, 1.807) is 37.5 Å². The summed E-state index contributed by atoms with van der Waals surface area (Å²) in [5, 5.41) is 9.00. The lowest BCUT2D eigenvalue weighted by atomic mass is 9.96. The molecule has 69 valence electrons. The highest BCUT2D eigenvalue weighted by Crippen LogP contribution is 2.13. The fourth-order valence-electron chi connectivity index (χ4n) is 1.07. The van der Waals surface area contributed by atoms with Gasteiger partial charge in [0.05, 0.1) is 5.54 Å². The molecule has 0 fully saturated rings. The Kier molecular flexibility index (Phi) is 2.68. The molecule has 3 nitrogen and oxygen atoms in total. The lowest BCUT2D eigenvalue weighted by Crippen LogP contribution is -2.40. The van der Waals surface area contributed by atoms with Crippen molar-refractivity contribution in [2.45, 2.75) is 18.9 Å². The van der Waals surface area contributed by atoms with Crippen molar-refractivity contribution >= 4 is 6.29 Å². The summed E-state index contributed by atoms with van der Waals surface area (Å²) in [7, 11) is 0. The van der Waals surface area contributed by atoms with Crippen molar-refractivity contribution in [3.05, 3.63) is 29.8 Å². The van der Waals surface area contributed by atoms with Gasteiger partial charge in [-0.05, 0) is 31.0 Å². The van der Waals surface area contributed by atoms with Gasteiger partial charge in [-0.3, -0.25) is 4.79 Å². The molecule has 0 spiro atoms. The van der Waals surface area contributed by atoms with E-state index in [4.69, 9.17) is 10.8 Å². The van der Waals surface area contributed by atoms with E-state index in [1.165, 1.54) is 0 Å². The van der Waals surface area contributed by atoms with Crippen LogP contribution in [-0.4, -0.2) is 16.9 Å². The van der Waals surface area contributed by atoms with Gasteiger partial charge in [0.1, 0.15) is 5.75 Å². The van der Waals surface area contributed by atoms with Crippen molar-refractivity contribution in [3.8, 4) is 5.75 Å². The minimum atomic E-state index is -0.947. The van der Waals surface area contributed by atoms with Gasteiger partial charge < -0.3 is 10.8 Å². The van der Waals surface area contributed by atoms with Crippen LogP contribution in [0.4, 0.5) is 0 Å². The Bertz CT molecular complexity index is 290. The molecule has 0 aromatic heterocycles. The van der Waals surface area contributed by atoms with Crippen LogP contribution >= 0.6 is 0 Å². The van der Waals surface area contributed by atoms with Gasteiger partial charge in [-0.25, -0.2) is 0 Å². The number of aromatic hydroxyl groups is 1. The van der Waals surface area contributed by atoms with E-state index >= 15 is 0 Å². The summed E-state index contributed by atoms with van der Waals surface area (Å²) in [6.45, 7) is 1.62. The standard InChI is InChI=1S/C10H12NO2/c1-10(11,7-12)6-8-2-4-9(13)5-3-8/h2-5,13H,6,11H2,1H3/t10-/m0/s1. The molecule has 1 aromatic carbocycles. The third-order valence-corrected chi connectivity index (χ3v) is 1.74. The average molecular weight is 178 g/mol. The zero-order valence-electron chi connectivity index (χ0n) is 7.45. The second-order valence-electron chi connectivity index (χ2n) is 3.36. The van der Waals surface area contributed by atoms with Gasteiger partial charge in [0.25, 0.3) is 0 Å². The predicted molar refractivity (Wildman–Crippen MR) is 50.1 cm³/mol. The highest BCUT2D eigenvalue weighted by Gasteiger charge is 2.18. The summed E-state index contributed by atoms with van der Waals surface area (Å²) >= 11 is 0. The van der Waals surface area contributed by atoms with Crippen LogP contribution < -0.4 is 5.73 Å². The lowest BCUT2D eigenvalue weighted by molar-refractivity contribution is 0.474. The Morgan fingerprint density at radius 2 is 2.00 bits per heavy atom. The first kappa shape index (κ1) is 9.74. The molecule has 0 aliphatic heterocycles. The maximum Gasteiger partial charge on any atom is 0.220 e. The van der Waals surface area contributed by atoms with Gasteiger partial charge in [-0.2, -0.15) is 0 Å². The van der Waals surface area contributed by atoms with E-state index in [9.17, 15) is 4.79 Å². The number of nitrogens with two attached hydrogens (primary N) is 1. The third-order valence-electron chi connectivity index (χ3n) is 1.74. The monoisotopic (exact) mass is 178 g/mol. The number of phenolic OH excluding ortho intramolecular Hbond substituents is 1. The van der Waals surface area contributed by atoms with Crippen molar-refractivity contribution < 1.29 is 9.90 Å². The van der Waals surface area contributed by atoms with Gasteiger partial charge in [0, 0.05) is 0 Å². The molecule has 0 saturated carbocycles. The summed E-state index contributed by atoms with van der Waals surface area (Å²) in [6, 6.07) is 6.60. The summed E-state index contributed by atoms with van der Waals surface area (Å²) in [5.74, 6) is 0.206. The van der Waals surface area contributed by atoms with E-state index in [2.05, 4.69) is 0 Å². The predicted octanol–water partition coefficient (Wildman–Crippen LogP) is 0.762. The van der Waals surface area contributed by atoms with Crippen LogP contribution in [0.15, 0.2) is 24.3 Å². The molecule has 1 rings (SSSR count). The second kappa shape index (κ2) is 3.58. The first-order chi connectivity index (χ1) is 6.03. The molecule has 0 aliphatic rings. The van der Waals surface area contributed by atoms with Crippen LogP contribution in [-0.2, 0) is 11.2 Å². The Morgan fingerprint density at radius 1 is 1.46 bits per heavy atom. The number of benzene rings is 1. The third kappa shape index (κ3) is 2.87. The SMILES string of the molecule is C[C@@](N)([C]=O)Cc1ccc(O)cc1. The molecule has 13 heavy (non-hydrogen) atoms. The Hall–Kier alpha value is -1.35. The highest BCUT2D eigenvalue weighted by molar-refractivity contribution is 5.64. The van der Waals surface area contributed by atoms with Gasteiger partial charge in [0.15, 0.2) is 0 Å². The van der Waals surface area contributed by atoms with E-state index in [0.717, 1.165) is 5.56 Å². The normalized spacial score (nSPS) is 14.9. The topological polar surface area (TPSA) is 63.3 Å². The molecule has 0 bridgehead atoms. The van der Waals surface area contributed by atoms with Crippen LogP contribution in [0.2, 0.25) is 0 Å². The number of carbonyl (C=O) groups excluding carboxylic acids is 1. The van der Waals surface area contributed by atoms with E-state index in [0.29, 0.717) is 6.42 Å². The maximum absolute atomic E-state index is 10.4. The molecule has 3 N–H and O–H groups in total. The minimum Gasteiger partial charge on any atom is -0.508 e. The number of phenols is 1. The minimum absolute atomic E-state index is 0.206. The van der Waals surface area contributed by atoms with Crippen molar-refractivity contribution in [2.75, 3.05) is 0 Å². The summed E-state index contributed by atoms with van der Waals surface area (Å²) in [5.41, 5.74) is 5.56. The molecule has 0 amide bonds. The molecular formula is C10H12NO2. The molecule has 1 radical (unpaired) electrons. The number of hydrogen-bond donors (Lipinski definition) is 2. The van der Waals surface area contributed by atoms with Gasteiger partial charge in [0.2, 0.25) is 6.29 Å². The Morgan fingerprint density at radius 3 is 2.46 bits per heavy atom. The van der Waals surface area contributed by atoms with Crippen LogP contribution in [0.25, 0.3) is 0 Å². The average Bonchev–Trinajstić information content (AvgIpc) is 2.09. The smallest absolute Gasteiger partial charge is 0.220 e. The second-order valence-corrected chi connectivity index (χ2v) is 3.36. The van der Waals surface area contributed by atoms with E-state index in [1.807, 2.05) is 0 Å². The zero-order chi connectivity index (χ0) is 9.90. The van der Waals surface area contributed by atoms with Gasteiger partial charge >= 0.3 is 0 Å². The van der Waals surface area contributed by atoms with Crippen molar-refractivity contribution in [1.82, 2.24) is 0 Å². The molecule has 0 saturated heterocycles. The van der Waals surface area contributed by atoms with E-state index < -0.39 is 5.54 Å². The molecule has 1 aromatic rings. The summed E-state index contributed by atoms with van der Waals surface area (Å²) in [6.07, 6.45) is 2.20. The fourth-order valence-corrected chi connectivity index (χ4v) is 1.07. The molecule has 0 aliphatic carbocycles.